The average Bonchev–Trinajstić information content (AvgIpc) is 2.73. The van der Waals surface area contributed by atoms with Crippen LogP contribution in [0.5, 0.6) is 11.5 Å². The van der Waals surface area contributed by atoms with E-state index < -0.39 is 0 Å². The second-order valence-corrected chi connectivity index (χ2v) is 6.38. The SMILES string of the molecule is COc1ccc(NC(=O)CCc2ccc(N3CCOCC3)cc2)c(OC)c1. The smallest absolute Gasteiger partial charge is 0.224 e. The fraction of sp³-hybridized carbons (Fsp3) is 0.381. The molecule has 0 atom stereocenters. The highest BCUT2D eigenvalue weighted by atomic mass is 16.5. The van der Waals surface area contributed by atoms with E-state index in [1.165, 1.54) is 5.69 Å². The van der Waals surface area contributed by atoms with Gasteiger partial charge in [0.2, 0.25) is 5.91 Å². The van der Waals surface area contributed by atoms with E-state index in [0.717, 1.165) is 31.9 Å². The molecule has 0 aromatic heterocycles. The molecule has 0 bridgehead atoms. The van der Waals surface area contributed by atoms with Crippen LogP contribution in [0.2, 0.25) is 0 Å². The number of nitrogens with one attached hydrogen (secondary N) is 1. The second-order valence-electron chi connectivity index (χ2n) is 6.38. The van der Waals surface area contributed by atoms with Gasteiger partial charge in [-0.1, -0.05) is 12.1 Å². The number of methoxy groups -OCH3 is 2. The van der Waals surface area contributed by atoms with Crippen LogP contribution in [0.3, 0.4) is 0 Å². The first kappa shape index (κ1) is 19.0. The number of nitrogens with zero attached hydrogens (tertiary/aromatic N) is 1. The van der Waals surface area contributed by atoms with Crippen molar-refractivity contribution in [1.29, 1.82) is 0 Å². The Bertz CT molecular complexity index is 755. The summed E-state index contributed by atoms with van der Waals surface area (Å²) in [4.78, 5) is 14.6. The number of rotatable bonds is 7. The molecule has 6 nitrogen and oxygen atoms in total. The third-order valence-corrected chi connectivity index (χ3v) is 4.64. The van der Waals surface area contributed by atoms with E-state index in [9.17, 15) is 4.79 Å². The molecule has 0 radical (unpaired) electrons. The number of carbonyl (C=O) groups is 1. The van der Waals surface area contributed by atoms with E-state index in [2.05, 4.69) is 34.5 Å². The number of amides is 1. The third-order valence-electron chi connectivity index (χ3n) is 4.64. The Morgan fingerprint density at radius 1 is 1.07 bits per heavy atom. The first-order valence-corrected chi connectivity index (χ1v) is 9.13. The van der Waals surface area contributed by atoms with Gasteiger partial charge in [0.1, 0.15) is 11.5 Å². The molecular formula is C21H26N2O4. The summed E-state index contributed by atoms with van der Waals surface area (Å²) in [6.07, 6.45) is 1.10. The van der Waals surface area contributed by atoms with E-state index in [4.69, 9.17) is 14.2 Å². The summed E-state index contributed by atoms with van der Waals surface area (Å²) in [5, 5.41) is 2.90. The van der Waals surface area contributed by atoms with Crippen molar-refractivity contribution in [2.75, 3.05) is 50.7 Å². The molecule has 2 aromatic rings. The fourth-order valence-corrected chi connectivity index (χ4v) is 3.07. The summed E-state index contributed by atoms with van der Waals surface area (Å²) >= 11 is 0. The number of ether oxygens (including phenoxy) is 3. The van der Waals surface area contributed by atoms with Gasteiger partial charge in [-0.15, -0.1) is 0 Å². The average molecular weight is 370 g/mol. The molecule has 27 heavy (non-hydrogen) atoms. The lowest BCUT2D eigenvalue weighted by molar-refractivity contribution is -0.116. The lowest BCUT2D eigenvalue weighted by atomic mass is 10.1. The van der Waals surface area contributed by atoms with Crippen molar-refractivity contribution < 1.29 is 19.0 Å². The van der Waals surface area contributed by atoms with E-state index >= 15 is 0 Å². The van der Waals surface area contributed by atoms with Crippen LogP contribution in [-0.4, -0.2) is 46.4 Å². The van der Waals surface area contributed by atoms with Crippen molar-refractivity contribution in [1.82, 2.24) is 0 Å². The van der Waals surface area contributed by atoms with Crippen molar-refractivity contribution >= 4 is 17.3 Å². The van der Waals surface area contributed by atoms with E-state index in [0.29, 0.717) is 30.0 Å². The maximum absolute atomic E-state index is 12.3. The zero-order valence-corrected chi connectivity index (χ0v) is 15.9. The van der Waals surface area contributed by atoms with Gasteiger partial charge in [-0.3, -0.25) is 4.79 Å². The molecule has 0 aliphatic carbocycles. The zero-order chi connectivity index (χ0) is 19.1. The summed E-state index contributed by atoms with van der Waals surface area (Å²) in [6, 6.07) is 13.7. The Morgan fingerprint density at radius 2 is 1.81 bits per heavy atom. The van der Waals surface area contributed by atoms with Gasteiger partial charge in [0, 0.05) is 31.3 Å². The minimum absolute atomic E-state index is 0.0456. The third kappa shape index (κ3) is 5.14. The molecule has 1 aliphatic heterocycles. The number of carbonyl (C=O) groups excluding carboxylic acids is 1. The van der Waals surface area contributed by atoms with E-state index in [1.54, 1.807) is 32.4 Å². The molecule has 0 saturated carbocycles. The lowest BCUT2D eigenvalue weighted by Crippen LogP contribution is -2.36. The molecule has 144 valence electrons. The topological polar surface area (TPSA) is 60.0 Å². The van der Waals surface area contributed by atoms with Crippen LogP contribution in [-0.2, 0) is 16.0 Å². The van der Waals surface area contributed by atoms with Gasteiger partial charge in [-0.25, -0.2) is 0 Å². The summed E-state index contributed by atoms with van der Waals surface area (Å²) in [5.41, 5.74) is 2.99. The van der Waals surface area contributed by atoms with Gasteiger partial charge >= 0.3 is 0 Å². The largest absolute Gasteiger partial charge is 0.497 e. The minimum atomic E-state index is -0.0456. The van der Waals surface area contributed by atoms with Gasteiger partial charge in [0.15, 0.2) is 0 Å². The van der Waals surface area contributed by atoms with Crippen LogP contribution in [0, 0.1) is 0 Å². The molecule has 1 heterocycles. The van der Waals surface area contributed by atoms with Crippen molar-refractivity contribution in [2.45, 2.75) is 12.8 Å². The Kier molecular flexibility index (Phi) is 6.54. The number of aryl methyl sites for hydroxylation is 1. The van der Waals surface area contributed by atoms with Gasteiger partial charge in [-0.05, 0) is 36.2 Å². The standard InChI is InChI=1S/C21H26N2O4/c1-25-18-8-9-19(20(15-18)26-2)22-21(24)10-5-16-3-6-17(7-4-16)23-11-13-27-14-12-23/h3-4,6-9,15H,5,10-14H2,1-2H3,(H,22,24). The maximum atomic E-state index is 12.3. The Labute approximate surface area is 160 Å². The Hall–Kier alpha value is -2.73. The van der Waals surface area contributed by atoms with Gasteiger partial charge in [0.25, 0.3) is 0 Å². The number of hydrogen-bond acceptors (Lipinski definition) is 5. The quantitative estimate of drug-likeness (QED) is 0.812. The molecule has 3 rings (SSSR count). The highest BCUT2D eigenvalue weighted by molar-refractivity contribution is 5.92. The monoisotopic (exact) mass is 370 g/mol. The molecular weight excluding hydrogens is 344 g/mol. The molecule has 6 heteroatoms. The van der Waals surface area contributed by atoms with E-state index in [-0.39, 0.29) is 5.91 Å². The molecule has 1 saturated heterocycles. The minimum Gasteiger partial charge on any atom is -0.497 e. The van der Waals surface area contributed by atoms with Crippen molar-refractivity contribution in [3.8, 4) is 11.5 Å². The number of hydrogen-bond donors (Lipinski definition) is 1. The normalized spacial score (nSPS) is 13.9. The first-order chi connectivity index (χ1) is 13.2. The summed E-state index contributed by atoms with van der Waals surface area (Å²) in [5.74, 6) is 1.22. The van der Waals surface area contributed by atoms with E-state index in [1.807, 2.05) is 0 Å². The second kappa shape index (κ2) is 9.28. The van der Waals surface area contributed by atoms with Gasteiger partial charge < -0.3 is 24.4 Å². The number of anilines is 2. The van der Waals surface area contributed by atoms with Crippen LogP contribution in [0.4, 0.5) is 11.4 Å². The molecule has 2 aromatic carbocycles. The van der Waals surface area contributed by atoms with Crippen molar-refractivity contribution in [3.05, 3.63) is 48.0 Å². The Morgan fingerprint density at radius 3 is 2.48 bits per heavy atom. The summed E-state index contributed by atoms with van der Waals surface area (Å²) in [7, 11) is 3.16. The van der Waals surface area contributed by atoms with Gasteiger partial charge in [-0.2, -0.15) is 0 Å². The molecule has 1 fully saturated rings. The molecule has 0 unspecified atom stereocenters. The predicted octanol–water partition coefficient (Wildman–Crippen LogP) is 3.11. The predicted molar refractivity (Wildman–Crippen MR) is 106 cm³/mol. The van der Waals surface area contributed by atoms with Crippen LogP contribution in [0.15, 0.2) is 42.5 Å². The number of morpholine rings is 1. The maximum Gasteiger partial charge on any atom is 0.224 e. The molecule has 1 aliphatic rings. The van der Waals surface area contributed by atoms with Crippen LogP contribution >= 0.6 is 0 Å². The summed E-state index contributed by atoms with van der Waals surface area (Å²) in [6.45, 7) is 3.39. The van der Waals surface area contributed by atoms with Crippen LogP contribution < -0.4 is 19.7 Å². The van der Waals surface area contributed by atoms with Crippen LogP contribution in [0.1, 0.15) is 12.0 Å². The first-order valence-electron chi connectivity index (χ1n) is 9.13. The molecule has 0 spiro atoms. The summed E-state index contributed by atoms with van der Waals surface area (Å²) < 4.78 is 15.9. The van der Waals surface area contributed by atoms with Crippen molar-refractivity contribution in [2.24, 2.45) is 0 Å². The highest BCUT2D eigenvalue weighted by Gasteiger charge is 2.12. The van der Waals surface area contributed by atoms with Crippen molar-refractivity contribution in [3.63, 3.8) is 0 Å². The van der Waals surface area contributed by atoms with Crippen LogP contribution in [0.25, 0.3) is 0 Å². The Balaban J connectivity index is 1.53. The highest BCUT2D eigenvalue weighted by Crippen LogP contribution is 2.29. The molecule has 1 amide bonds. The number of benzene rings is 2. The lowest BCUT2D eigenvalue weighted by Gasteiger charge is -2.28. The molecule has 1 N–H and O–H groups in total. The zero-order valence-electron chi connectivity index (χ0n) is 15.9. The van der Waals surface area contributed by atoms with Gasteiger partial charge in [0.05, 0.1) is 33.1 Å². The fourth-order valence-electron chi connectivity index (χ4n) is 3.07.